The molecule has 0 bridgehead atoms. The summed E-state index contributed by atoms with van der Waals surface area (Å²) in [6.07, 6.45) is 7.75. The van der Waals surface area contributed by atoms with Crippen molar-refractivity contribution in [1.82, 2.24) is 0 Å². The molecule has 1 nitrogen and oxygen atoms in total. The zero-order valence-electron chi connectivity index (χ0n) is 10.8. The Balaban J connectivity index is 1.48. The smallest absolute Gasteiger partial charge is 0.165 e. The van der Waals surface area contributed by atoms with E-state index in [4.69, 9.17) is 0 Å². The van der Waals surface area contributed by atoms with Crippen molar-refractivity contribution in [2.45, 2.75) is 44.4 Å². The van der Waals surface area contributed by atoms with Gasteiger partial charge in [-0.15, -0.1) is 0 Å². The lowest BCUT2D eigenvalue weighted by Gasteiger charge is -2.25. The van der Waals surface area contributed by atoms with Crippen LogP contribution in [-0.2, 0) is 0 Å². The summed E-state index contributed by atoms with van der Waals surface area (Å²) in [5.74, 6) is 3.31. The first kappa shape index (κ1) is 10.8. The highest BCUT2D eigenvalue weighted by Gasteiger charge is 2.47. The maximum absolute atomic E-state index is 12.4. The first-order valence-corrected chi connectivity index (χ1v) is 7.45. The van der Waals surface area contributed by atoms with E-state index >= 15 is 0 Å². The van der Waals surface area contributed by atoms with Crippen LogP contribution < -0.4 is 0 Å². The Labute approximate surface area is 109 Å². The van der Waals surface area contributed by atoms with Gasteiger partial charge in [0, 0.05) is 11.5 Å². The molecule has 0 aromatic heterocycles. The summed E-state index contributed by atoms with van der Waals surface area (Å²) in [5.41, 5.74) is 2.39. The van der Waals surface area contributed by atoms with Gasteiger partial charge in [0.25, 0.3) is 0 Å². The normalized spacial score (nSPS) is 33.9. The highest BCUT2D eigenvalue weighted by Crippen LogP contribution is 2.54. The van der Waals surface area contributed by atoms with Crippen LogP contribution in [0.2, 0.25) is 0 Å². The van der Waals surface area contributed by atoms with Gasteiger partial charge in [-0.05, 0) is 55.4 Å². The summed E-state index contributed by atoms with van der Waals surface area (Å²) in [5, 5.41) is 0. The molecular weight excluding hydrogens is 220 g/mol. The number of Topliss-reactive ketones (excluding diaryl/α,β-unsaturated/α-hetero) is 1. The summed E-state index contributed by atoms with van der Waals surface area (Å²) in [6, 6.07) is 8.51. The quantitative estimate of drug-likeness (QED) is 0.724. The monoisotopic (exact) mass is 240 g/mol. The van der Waals surface area contributed by atoms with Crippen LogP contribution in [0.25, 0.3) is 0 Å². The topological polar surface area (TPSA) is 17.1 Å². The molecule has 3 aliphatic carbocycles. The third-order valence-corrected chi connectivity index (χ3v) is 5.39. The van der Waals surface area contributed by atoms with Gasteiger partial charge in [0.05, 0.1) is 0 Å². The molecule has 0 saturated heterocycles. The molecule has 18 heavy (non-hydrogen) atoms. The third-order valence-electron chi connectivity index (χ3n) is 5.39. The summed E-state index contributed by atoms with van der Waals surface area (Å²) in [4.78, 5) is 12.4. The Morgan fingerprint density at radius 2 is 1.61 bits per heavy atom. The van der Waals surface area contributed by atoms with Gasteiger partial charge in [-0.25, -0.2) is 0 Å². The Kier molecular flexibility index (Phi) is 2.36. The molecule has 2 atom stereocenters. The second kappa shape index (κ2) is 3.94. The van der Waals surface area contributed by atoms with Crippen molar-refractivity contribution >= 4 is 5.78 Å². The molecule has 0 N–H and O–H groups in total. The van der Waals surface area contributed by atoms with Crippen molar-refractivity contribution < 1.29 is 4.79 Å². The van der Waals surface area contributed by atoms with E-state index in [-0.39, 0.29) is 0 Å². The van der Waals surface area contributed by atoms with E-state index in [0.29, 0.717) is 11.7 Å². The van der Waals surface area contributed by atoms with Crippen LogP contribution in [-0.4, -0.2) is 5.78 Å². The lowest BCUT2D eigenvalue weighted by molar-refractivity contribution is 0.0914. The van der Waals surface area contributed by atoms with E-state index in [1.54, 1.807) is 0 Å². The minimum atomic E-state index is 0.336. The van der Waals surface area contributed by atoms with E-state index in [9.17, 15) is 4.79 Å². The number of ketones is 1. The molecule has 3 aliphatic rings. The second-order valence-corrected chi connectivity index (χ2v) is 6.54. The zero-order chi connectivity index (χ0) is 12.1. The summed E-state index contributed by atoms with van der Waals surface area (Å²) in [6.45, 7) is 0. The van der Waals surface area contributed by atoms with Crippen molar-refractivity contribution in [3.63, 3.8) is 0 Å². The molecule has 1 aromatic carbocycles. The van der Waals surface area contributed by atoms with Gasteiger partial charge in [0.1, 0.15) is 0 Å². The molecule has 0 aliphatic heterocycles. The lowest BCUT2D eigenvalue weighted by atomic mass is 9.79. The Bertz CT molecular complexity index is 459. The van der Waals surface area contributed by atoms with E-state index in [2.05, 4.69) is 24.3 Å². The molecule has 3 saturated carbocycles. The van der Waals surface area contributed by atoms with Gasteiger partial charge in [-0.3, -0.25) is 4.79 Å². The van der Waals surface area contributed by atoms with Gasteiger partial charge >= 0.3 is 0 Å². The van der Waals surface area contributed by atoms with Crippen molar-refractivity contribution in [2.24, 2.45) is 17.8 Å². The molecule has 3 fully saturated rings. The summed E-state index contributed by atoms with van der Waals surface area (Å²) >= 11 is 0. The summed E-state index contributed by atoms with van der Waals surface area (Å²) in [7, 11) is 0. The maximum Gasteiger partial charge on any atom is 0.165 e. The molecule has 0 amide bonds. The predicted molar refractivity (Wildman–Crippen MR) is 71.7 cm³/mol. The van der Waals surface area contributed by atoms with E-state index in [1.165, 1.54) is 31.2 Å². The second-order valence-electron chi connectivity index (χ2n) is 6.54. The molecule has 0 radical (unpaired) electrons. The predicted octanol–water partition coefficient (Wildman–Crippen LogP) is 4.18. The Morgan fingerprint density at radius 3 is 2.17 bits per heavy atom. The first-order valence-electron chi connectivity index (χ1n) is 7.45. The fourth-order valence-corrected chi connectivity index (χ4v) is 3.83. The first-order chi connectivity index (χ1) is 8.81. The van der Waals surface area contributed by atoms with Crippen LogP contribution in [0.3, 0.4) is 0 Å². The van der Waals surface area contributed by atoms with Crippen LogP contribution in [0.15, 0.2) is 24.3 Å². The number of carbonyl (C=O) groups excluding carboxylic acids is 1. The van der Waals surface area contributed by atoms with E-state index < -0.39 is 0 Å². The molecule has 0 spiro atoms. The van der Waals surface area contributed by atoms with Crippen LogP contribution in [0.4, 0.5) is 0 Å². The van der Waals surface area contributed by atoms with Crippen LogP contribution in [0.5, 0.6) is 0 Å². The third kappa shape index (κ3) is 1.72. The number of hydrogen-bond donors (Lipinski definition) is 0. The van der Waals surface area contributed by atoms with Crippen LogP contribution in [0.1, 0.15) is 60.4 Å². The van der Waals surface area contributed by atoms with Gasteiger partial charge in [-0.1, -0.05) is 30.7 Å². The number of carbonyl (C=O) groups is 1. The lowest BCUT2D eigenvalue weighted by Crippen LogP contribution is -2.13. The number of fused-ring (bicyclic) bond motifs is 1. The number of benzene rings is 1. The molecule has 0 heterocycles. The van der Waals surface area contributed by atoms with Gasteiger partial charge in [0.15, 0.2) is 5.78 Å². The highest BCUT2D eigenvalue weighted by atomic mass is 16.1. The number of rotatable bonds is 3. The average Bonchev–Trinajstić information content (AvgIpc) is 2.94. The average molecular weight is 240 g/mol. The van der Waals surface area contributed by atoms with E-state index in [0.717, 1.165) is 36.2 Å². The summed E-state index contributed by atoms with van der Waals surface area (Å²) < 4.78 is 0. The minimum Gasteiger partial charge on any atom is -0.294 e. The standard InChI is InChI=1S/C17H20O/c18-17(16-9-14-8-15(14)10-16)13-6-4-12(5-7-13)11-2-1-3-11/h4-7,11,14-16H,1-3,8-10H2. The van der Waals surface area contributed by atoms with Gasteiger partial charge < -0.3 is 0 Å². The van der Waals surface area contributed by atoms with Crippen LogP contribution in [0, 0.1) is 17.8 Å². The molecule has 4 rings (SSSR count). The number of hydrogen-bond acceptors (Lipinski definition) is 1. The van der Waals surface area contributed by atoms with Crippen molar-refractivity contribution in [1.29, 1.82) is 0 Å². The minimum absolute atomic E-state index is 0.336. The highest BCUT2D eigenvalue weighted by molar-refractivity contribution is 5.98. The van der Waals surface area contributed by atoms with E-state index in [1.807, 2.05) is 0 Å². The largest absolute Gasteiger partial charge is 0.294 e. The fourth-order valence-electron chi connectivity index (χ4n) is 3.83. The molecule has 2 unspecified atom stereocenters. The van der Waals surface area contributed by atoms with Crippen molar-refractivity contribution in [3.8, 4) is 0 Å². The molecular formula is C17H20O. The van der Waals surface area contributed by atoms with Crippen molar-refractivity contribution in [2.75, 3.05) is 0 Å². The SMILES string of the molecule is O=C(c1ccc(C2CCC2)cc1)C1CC2CC2C1. The van der Waals surface area contributed by atoms with Gasteiger partial charge in [0.2, 0.25) is 0 Å². The zero-order valence-corrected chi connectivity index (χ0v) is 10.8. The Morgan fingerprint density at radius 1 is 0.944 bits per heavy atom. The van der Waals surface area contributed by atoms with Crippen LogP contribution >= 0.6 is 0 Å². The maximum atomic E-state index is 12.4. The van der Waals surface area contributed by atoms with Gasteiger partial charge in [-0.2, -0.15) is 0 Å². The fraction of sp³-hybridized carbons (Fsp3) is 0.588. The molecule has 1 aromatic rings. The molecule has 94 valence electrons. The Hall–Kier alpha value is -1.11. The molecule has 1 heteroatoms. The van der Waals surface area contributed by atoms with Crippen molar-refractivity contribution in [3.05, 3.63) is 35.4 Å².